The van der Waals surface area contributed by atoms with Gasteiger partial charge >= 0.3 is 0 Å². The van der Waals surface area contributed by atoms with Gasteiger partial charge in [-0.2, -0.15) is 0 Å². The van der Waals surface area contributed by atoms with Crippen LogP contribution in [0.15, 0.2) is 12.2 Å². The largest absolute Gasteiger partial charge is 0.393 e. The molecule has 0 fully saturated rings. The zero-order valence-electron chi connectivity index (χ0n) is 31.6. The van der Waals surface area contributed by atoms with Crippen molar-refractivity contribution in [2.75, 3.05) is 13.1 Å². The van der Waals surface area contributed by atoms with Gasteiger partial charge in [0, 0.05) is 19.5 Å². The predicted molar refractivity (Wildman–Crippen MR) is 210 cm³/mol. The fourth-order valence-electron chi connectivity index (χ4n) is 6.73. The molecule has 0 amide bonds. The normalized spacial score (nSPS) is 22.2. The van der Waals surface area contributed by atoms with Crippen LogP contribution in [0.4, 0.5) is 0 Å². The lowest BCUT2D eigenvalue weighted by Crippen LogP contribution is -2.57. The van der Waals surface area contributed by atoms with Gasteiger partial charge < -0.3 is 41.5 Å². The second-order valence-electron chi connectivity index (χ2n) is 14.8. The zero-order chi connectivity index (χ0) is 36.0. The molecule has 0 spiro atoms. The maximum Gasteiger partial charge on any atom is 0.166 e. The van der Waals surface area contributed by atoms with Gasteiger partial charge in [-0.05, 0) is 37.9 Å². The lowest BCUT2D eigenvalue weighted by molar-refractivity contribution is -0.0703. The summed E-state index contributed by atoms with van der Waals surface area (Å²) in [5, 5.41) is 62.1. The third-order valence-electron chi connectivity index (χ3n) is 10.2. The molecule has 0 heterocycles. The molecule has 0 aromatic heterocycles. The molecule has 1 aliphatic carbocycles. The van der Waals surface area contributed by atoms with Gasteiger partial charge in [0.15, 0.2) is 5.11 Å². The molecule has 0 bridgehead atoms. The van der Waals surface area contributed by atoms with Crippen LogP contribution in [-0.2, 0) is 0 Å². The van der Waals surface area contributed by atoms with E-state index in [2.05, 4.69) is 22.9 Å². The summed E-state index contributed by atoms with van der Waals surface area (Å²) in [6, 6.07) is -1.11. The van der Waals surface area contributed by atoms with Crippen molar-refractivity contribution in [3.8, 4) is 0 Å². The standard InChI is InChI=1S/C40H79N3O5S/c1-3-5-6-7-8-9-10-11-12-13-14-15-16-17-18-19-20-21-22-23-24-27-30-41-40(49)43-35(37(46)31-33(44)4-2)32-42-34-28-25-26-29-36(45)39(48)38(34)47/h25,28,33-39,42,44-48H,3-24,26-27,29-32H2,1-2H3,(H2,41,43,49)/b28-25-. The summed E-state index contributed by atoms with van der Waals surface area (Å²) in [5.41, 5.74) is 0. The number of nitrogens with one attached hydrogen (secondary N) is 3. The van der Waals surface area contributed by atoms with E-state index in [9.17, 15) is 25.5 Å². The summed E-state index contributed by atoms with van der Waals surface area (Å²) in [5.74, 6) is 0. The highest BCUT2D eigenvalue weighted by Gasteiger charge is 2.32. The van der Waals surface area contributed by atoms with E-state index in [1.807, 2.05) is 13.0 Å². The van der Waals surface area contributed by atoms with Crippen LogP contribution in [0.3, 0.4) is 0 Å². The number of rotatable bonds is 31. The summed E-state index contributed by atoms with van der Waals surface area (Å²) in [4.78, 5) is 0. The van der Waals surface area contributed by atoms with Gasteiger partial charge in [-0.15, -0.1) is 0 Å². The number of unbranched alkanes of at least 4 members (excludes halogenated alkanes) is 21. The van der Waals surface area contributed by atoms with Crippen molar-refractivity contribution in [3.63, 3.8) is 0 Å². The fraction of sp³-hybridized carbons (Fsp3) is 0.925. The Morgan fingerprint density at radius 1 is 0.694 bits per heavy atom. The van der Waals surface area contributed by atoms with Gasteiger partial charge in [0.2, 0.25) is 0 Å². The highest BCUT2D eigenvalue weighted by atomic mass is 32.1. The van der Waals surface area contributed by atoms with E-state index < -0.39 is 42.6 Å². The quantitative estimate of drug-likeness (QED) is 0.0211. The Morgan fingerprint density at radius 3 is 1.63 bits per heavy atom. The van der Waals surface area contributed by atoms with Crippen LogP contribution in [0.5, 0.6) is 0 Å². The first-order valence-corrected chi connectivity index (χ1v) is 21.1. The number of aliphatic hydroxyl groups is 5. The molecule has 0 radical (unpaired) electrons. The molecule has 0 saturated heterocycles. The maximum atomic E-state index is 10.9. The third kappa shape index (κ3) is 24.9. The van der Waals surface area contributed by atoms with Crippen molar-refractivity contribution in [3.05, 3.63) is 12.2 Å². The highest BCUT2D eigenvalue weighted by molar-refractivity contribution is 7.80. The molecule has 9 heteroatoms. The first-order valence-electron chi connectivity index (χ1n) is 20.6. The lowest BCUT2D eigenvalue weighted by Gasteiger charge is -2.33. The van der Waals surface area contributed by atoms with Gasteiger partial charge in [-0.3, -0.25) is 0 Å². The number of thiocarbonyl (C=S) groups is 1. The summed E-state index contributed by atoms with van der Waals surface area (Å²) >= 11 is 5.53. The molecule has 290 valence electrons. The number of aliphatic hydroxyl groups excluding tert-OH is 5. The molecular formula is C40H79N3O5S. The van der Waals surface area contributed by atoms with E-state index in [4.69, 9.17) is 12.2 Å². The van der Waals surface area contributed by atoms with E-state index in [0.717, 1.165) is 19.4 Å². The van der Waals surface area contributed by atoms with E-state index in [1.165, 1.54) is 128 Å². The van der Waals surface area contributed by atoms with Gasteiger partial charge in [0.25, 0.3) is 0 Å². The molecule has 1 rings (SSSR count). The second-order valence-corrected chi connectivity index (χ2v) is 15.2. The Balaban J connectivity index is 2.10. The smallest absolute Gasteiger partial charge is 0.166 e. The Morgan fingerprint density at radius 2 is 1.16 bits per heavy atom. The van der Waals surface area contributed by atoms with Crippen molar-refractivity contribution >= 4 is 17.3 Å². The molecule has 8 N–H and O–H groups in total. The molecule has 0 aromatic carbocycles. The summed E-state index contributed by atoms with van der Waals surface area (Å²) in [6.07, 6.45) is 30.5. The Hall–Kier alpha value is -0.810. The van der Waals surface area contributed by atoms with E-state index in [0.29, 0.717) is 24.4 Å². The van der Waals surface area contributed by atoms with Crippen molar-refractivity contribution in [1.82, 2.24) is 16.0 Å². The van der Waals surface area contributed by atoms with Gasteiger partial charge in [-0.1, -0.05) is 161 Å². The summed E-state index contributed by atoms with van der Waals surface area (Å²) in [7, 11) is 0. The SMILES string of the molecule is CCCCCCCCCCCCCCCCCCCCCCCCNC(=S)NC(CNC1/C=C\CCC(O)C(O)C1O)C(O)CC(O)CC. The minimum Gasteiger partial charge on any atom is -0.393 e. The molecule has 0 aliphatic heterocycles. The second kappa shape index (κ2) is 31.9. The van der Waals surface area contributed by atoms with Crippen LogP contribution in [-0.4, -0.2) is 86.3 Å². The van der Waals surface area contributed by atoms with Crippen molar-refractivity contribution in [2.45, 2.75) is 223 Å². The zero-order valence-corrected chi connectivity index (χ0v) is 32.5. The van der Waals surface area contributed by atoms with Gasteiger partial charge in [0.05, 0.1) is 30.4 Å². The Bertz CT molecular complexity index is 791. The first kappa shape index (κ1) is 46.2. The number of allylic oxidation sites excluding steroid dienone is 1. The number of hydrogen-bond acceptors (Lipinski definition) is 7. The third-order valence-corrected chi connectivity index (χ3v) is 10.5. The van der Waals surface area contributed by atoms with Crippen LogP contribution in [0.2, 0.25) is 0 Å². The fourth-order valence-corrected chi connectivity index (χ4v) is 6.99. The molecule has 1 aliphatic rings. The van der Waals surface area contributed by atoms with E-state index >= 15 is 0 Å². The topological polar surface area (TPSA) is 137 Å². The molecule has 7 unspecified atom stereocenters. The Labute approximate surface area is 306 Å². The molecular weight excluding hydrogens is 635 g/mol. The van der Waals surface area contributed by atoms with Crippen molar-refractivity contribution in [1.29, 1.82) is 0 Å². The molecule has 0 aromatic rings. The monoisotopic (exact) mass is 714 g/mol. The lowest BCUT2D eigenvalue weighted by atomic mass is 9.94. The minimum absolute atomic E-state index is 0.197. The molecule has 7 atom stereocenters. The Kier molecular flexibility index (Phi) is 30.1. The van der Waals surface area contributed by atoms with Crippen LogP contribution < -0.4 is 16.0 Å². The van der Waals surface area contributed by atoms with E-state index in [1.54, 1.807) is 6.08 Å². The first-order chi connectivity index (χ1) is 23.8. The van der Waals surface area contributed by atoms with Crippen LogP contribution in [0.25, 0.3) is 0 Å². The van der Waals surface area contributed by atoms with Crippen molar-refractivity contribution < 1.29 is 25.5 Å². The van der Waals surface area contributed by atoms with Gasteiger partial charge in [0.1, 0.15) is 12.2 Å². The highest BCUT2D eigenvalue weighted by Crippen LogP contribution is 2.17. The molecule has 8 nitrogen and oxygen atoms in total. The summed E-state index contributed by atoms with van der Waals surface area (Å²) in [6.45, 7) is 5.16. The average Bonchev–Trinajstić information content (AvgIpc) is 3.09. The van der Waals surface area contributed by atoms with Crippen LogP contribution in [0.1, 0.15) is 181 Å². The van der Waals surface area contributed by atoms with Crippen LogP contribution in [0, 0.1) is 0 Å². The summed E-state index contributed by atoms with van der Waals surface area (Å²) < 4.78 is 0. The minimum atomic E-state index is -1.26. The van der Waals surface area contributed by atoms with E-state index in [-0.39, 0.29) is 13.0 Å². The molecule has 0 saturated carbocycles. The van der Waals surface area contributed by atoms with Crippen molar-refractivity contribution in [2.24, 2.45) is 0 Å². The number of hydrogen-bond donors (Lipinski definition) is 8. The predicted octanol–water partition coefficient (Wildman–Crippen LogP) is 7.33. The van der Waals surface area contributed by atoms with Crippen LogP contribution >= 0.6 is 12.2 Å². The maximum absolute atomic E-state index is 10.9. The van der Waals surface area contributed by atoms with Gasteiger partial charge in [-0.25, -0.2) is 0 Å². The average molecular weight is 714 g/mol. The molecule has 49 heavy (non-hydrogen) atoms.